The Kier molecular flexibility index (Phi) is 6.24. The van der Waals surface area contributed by atoms with Gasteiger partial charge in [-0.15, -0.1) is 11.8 Å². The third kappa shape index (κ3) is 4.28. The van der Waals surface area contributed by atoms with Gasteiger partial charge in [-0.1, -0.05) is 64.5 Å². The maximum Gasteiger partial charge on any atom is 0.356 e. The van der Waals surface area contributed by atoms with Gasteiger partial charge < -0.3 is 10.1 Å². The highest BCUT2D eigenvalue weighted by Crippen LogP contribution is 2.42. The summed E-state index contributed by atoms with van der Waals surface area (Å²) in [5.74, 6) is -1.42. The number of amides is 2. The topological polar surface area (TPSA) is 92.8 Å². The first-order valence-corrected chi connectivity index (χ1v) is 11.3. The molecule has 1 fully saturated rings. The fraction of sp³-hybridized carbons (Fsp3) is 0.182. The number of thioether (sulfide) groups is 1. The Morgan fingerprint density at radius 1 is 1.03 bits per heavy atom. The van der Waals surface area contributed by atoms with Crippen LogP contribution >= 0.6 is 27.7 Å². The number of β-lactam (4-membered cyclic amide) rings is 1. The molecule has 0 aromatic heterocycles. The second-order valence-electron chi connectivity index (χ2n) is 6.85. The molecule has 9 heteroatoms. The standard InChI is InChI=1S/C22H17BrN2O5S/c23-15-12-31-21-17(24-19(27)14-9-5-2-6-10-14)20(28)25(21)18(15)22(29)30-11-16(26)13-7-3-1-4-8-13/h1-10,17,21H,11-12H2,(H,24,27)/t17?,21-/m1/s1. The number of ether oxygens (including phenoxy) is 1. The monoisotopic (exact) mass is 500 g/mol. The fourth-order valence-corrected chi connectivity index (χ4v) is 5.23. The first-order chi connectivity index (χ1) is 15.0. The van der Waals surface area contributed by atoms with E-state index in [1.165, 1.54) is 16.7 Å². The molecule has 2 aliphatic rings. The van der Waals surface area contributed by atoms with Crippen molar-refractivity contribution in [2.45, 2.75) is 11.4 Å². The number of nitrogens with zero attached hydrogens (tertiary/aromatic N) is 1. The van der Waals surface area contributed by atoms with Gasteiger partial charge in [0.1, 0.15) is 17.1 Å². The van der Waals surface area contributed by atoms with E-state index in [2.05, 4.69) is 21.2 Å². The summed E-state index contributed by atoms with van der Waals surface area (Å²) in [7, 11) is 0. The van der Waals surface area contributed by atoms with Gasteiger partial charge in [0.25, 0.3) is 11.8 Å². The summed E-state index contributed by atoms with van der Waals surface area (Å²) in [5.41, 5.74) is 0.953. The number of fused-ring (bicyclic) bond motifs is 1. The van der Waals surface area contributed by atoms with Crippen molar-refractivity contribution in [3.8, 4) is 0 Å². The second-order valence-corrected chi connectivity index (χ2v) is 8.91. The lowest BCUT2D eigenvalue weighted by atomic mass is 10.0. The van der Waals surface area contributed by atoms with E-state index in [9.17, 15) is 19.2 Å². The van der Waals surface area contributed by atoms with E-state index in [4.69, 9.17) is 4.74 Å². The number of hydrogen-bond donors (Lipinski definition) is 1. The van der Waals surface area contributed by atoms with E-state index in [0.717, 1.165) is 0 Å². The highest BCUT2D eigenvalue weighted by Gasteiger charge is 2.54. The molecule has 1 unspecified atom stereocenters. The van der Waals surface area contributed by atoms with E-state index in [1.54, 1.807) is 60.7 Å². The molecule has 0 saturated carbocycles. The summed E-state index contributed by atoms with van der Waals surface area (Å²) >= 11 is 4.76. The molecule has 1 saturated heterocycles. The van der Waals surface area contributed by atoms with Crippen LogP contribution in [0, 0.1) is 0 Å². The molecule has 31 heavy (non-hydrogen) atoms. The Labute approximate surface area is 190 Å². The van der Waals surface area contributed by atoms with Crippen LogP contribution in [-0.4, -0.2) is 52.2 Å². The lowest BCUT2D eigenvalue weighted by Gasteiger charge is -2.49. The molecule has 0 aliphatic carbocycles. The van der Waals surface area contributed by atoms with E-state index in [0.29, 0.717) is 21.4 Å². The number of halogens is 1. The molecule has 2 aliphatic heterocycles. The molecule has 0 spiro atoms. The SMILES string of the molecule is O=C(OCC(=O)c1ccccc1)C1=C(Br)CS[C@@H]2C(NC(=O)c3ccccc3)C(=O)N12. The first-order valence-electron chi connectivity index (χ1n) is 9.42. The number of carbonyl (C=O) groups is 4. The highest BCUT2D eigenvalue weighted by atomic mass is 79.9. The zero-order valence-electron chi connectivity index (χ0n) is 16.1. The summed E-state index contributed by atoms with van der Waals surface area (Å²) in [6.45, 7) is -0.430. The Hall–Kier alpha value is -2.91. The highest BCUT2D eigenvalue weighted by molar-refractivity contribution is 9.11. The van der Waals surface area contributed by atoms with Crippen LogP contribution in [0.3, 0.4) is 0 Å². The summed E-state index contributed by atoms with van der Waals surface area (Å²) in [6, 6.07) is 16.4. The van der Waals surface area contributed by atoms with E-state index in [-0.39, 0.29) is 17.4 Å². The second kappa shape index (κ2) is 9.07. The molecular formula is C22H17BrN2O5S. The summed E-state index contributed by atoms with van der Waals surface area (Å²) in [5, 5.41) is 2.31. The minimum Gasteiger partial charge on any atom is -0.453 e. The predicted molar refractivity (Wildman–Crippen MR) is 118 cm³/mol. The third-order valence-electron chi connectivity index (χ3n) is 4.87. The van der Waals surface area contributed by atoms with Crippen molar-refractivity contribution >= 4 is 51.3 Å². The van der Waals surface area contributed by atoms with Crippen molar-refractivity contribution in [2.24, 2.45) is 0 Å². The molecule has 1 N–H and O–H groups in total. The minimum atomic E-state index is -0.761. The van der Waals surface area contributed by atoms with Gasteiger partial charge in [-0.2, -0.15) is 0 Å². The Balaban J connectivity index is 1.41. The molecule has 2 heterocycles. The number of hydrogen-bond acceptors (Lipinski definition) is 6. The van der Waals surface area contributed by atoms with Gasteiger partial charge in [0.05, 0.1) is 0 Å². The van der Waals surface area contributed by atoms with Crippen molar-refractivity contribution in [1.29, 1.82) is 0 Å². The van der Waals surface area contributed by atoms with Gasteiger partial charge in [-0.05, 0) is 12.1 Å². The van der Waals surface area contributed by atoms with Gasteiger partial charge in [-0.25, -0.2) is 4.79 Å². The molecule has 2 aromatic carbocycles. The van der Waals surface area contributed by atoms with Crippen LogP contribution < -0.4 is 5.32 Å². The van der Waals surface area contributed by atoms with Gasteiger partial charge in [0.15, 0.2) is 12.4 Å². The molecule has 0 bridgehead atoms. The molecule has 7 nitrogen and oxygen atoms in total. The normalized spacial score (nSPS) is 19.9. The molecule has 2 amide bonds. The van der Waals surface area contributed by atoms with Crippen molar-refractivity contribution in [1.82, 2.24) is 10.2 Å². The average molecular weight is 501 g/mol. The summed E-state index contributed by atoms with van der Waals surface area (Å²) in [4.78, 5) is 51.4. The lowest BCUT2D eigenvalue weighted by molar-refractivity contribution is -0.150. The zero-order valence-corrected chi connectivity index (χ0v) is 18.5. The minimum absolute atomic E-state index is 0.0693. The number of ketones is 1. The van der Waals surface area contributed by atoms with Gasteiger partial charge in [0, 0.05) is 21.4 Å². The molecule has 0 radical (unpaired) electrons. The van der Waals surface area contributed by atoms with E-state index >= 15 is 0 Å². The number of rotatable bonds is 6. The molecule has 4 rings (SSSR count). The van der Waals surface area contributed by atoms with Crippen molar-refractivity contribution < 1.29 is 23.9 Å². The molecular weight excluding hydrogens is 484 g/mol. The fourth-order valence-electron chi connectivity index (χ4n) is 3.29. The molecule has 2 aromatic rings. The van der Waals surface area contributed by atoms with Crippen LogP contribution in [0.15, 0.2) is 70.8 Å². The Morgan fingerprint density at radius 3 is 2.29 bits per heavy atom. The van der Waals surface area contributed by atoms with E-state index in [1.807, 2.05) is 0 Å². The van der Waals surface area contributed by atoms with Crippen molar-refractivity contribution in [2.75, 3.05) is 12.4 Å². The van der Waals surface area contributed by atoms with Gasteiger partial charge in [0.2, 0.25) is 0 Å². The van der Waals surface area contributed by atoms with Crippen LogP contribution in [0.1, 0.15) is 20.7 Å². The Morgan fingerprint density at radius 2 is 1.65 bits per heavy atom. The van der Waals surface area contributed by atoms with Crippen LogP contribution in [0.2, 0.25) is 0 Å². The first kappa shape index (κ1) is 21.3. The van der Waals surface area contributed by atoms with Crippen LogP contribution in [0.5, 0.6) is 0 Å². The summed E-state index contributed by atoms with van der Waals surface area (Å²) in [6.07, 6.45) is 0. The smallest absolute Gasteiger partial charge is 0.356 e. The van der Waals surface area contributed by atoms with Crippen molar-refractivity contribution in [3.05, 3.63) is 82.0 Å². The van der Waals surface area contributed by atoms with Gasteiger partial charge in [-0.3, -0.25) is 19.3 Å². The maximum absolute atomic E-state index is 12.8. The van der Waals surface area contributed by atoms with Gasteiger partial charge >= 0.3 is 5.97 Å². The predicted octanol–water partition coefficient (Wildman–Crippen LogP) is 2.73. The molecule has 158 valence electrons. The average Bonchev–Trinajstić information content (AvgIpc) is 2.81. The largest absolute Gasteiger partial charge is 0.453 e. The van der Waals surface area contributed by atoms with Crippen molar-refractivity contribution in [3.63, 3.8) is 0 Å². The number of nitrogens with one attached hydrogen (secondary N) is 1. The molecule has 2 atom stereocenters. The number of benzene rings is 2. The third-order valence-corrected chi connectivity index (χ3v) is 7.17. The lowest BCUT2D eigenvalue weighted by Crippen LogP contribution is -2.70. The zero-order chi connectivity index (χ0) is 22.0. The maximum atomic E-state index is 12.8. The number of carbonyl (C=O) groups excluding carboxylic acids is 4. The Bertz CT molecular complexity index is 1070. The van der Waals surface area contributed by atoms with Crippen LogP contribution in [0.4, 0.5) is 0 Å². The number of esters is 1. The number of Topliss-reactive ketones (excluding diaryl/α,β-unsaturated/α-hetero) is 1. The summed E-state index contributed by atoms with van der Waals surface area (Å²) < 4.78 is 5.69. The van der Waals surface area contributed by atoms with Crippen LogP contribution in [-0.2, 0) is 14.3 Å². The van der Waals surface area contributed by atoms with Crippen LogP contribution in [0.25, 0.3) is 0 Å². The quantitative estimate of drug-likeness (QED) is 0.372. The van der Waals surface area contributed by atoms with E-state index < -0.39 is 29.9 Å².